The first-order valence-corrected chi connectivity index (χ1v) is 6.31. The van der Waals surface area contributed by atoms with E-state index in [1.54, 1.807) is 19.6 Å². The van der Waals surface area contributed by atoms with Gasteiger partial charge in [-0.2, -0.15) is 0 Å². The number of nitrogens with one attached hydrogen (secondary N) is 2. The summed E-state index contributed by atoms with van der Waals surface area (Å²) in [7, 11) is 1.66. The van der Waals surface area contributed by atoms with E-state index in [4.69, 9.17) is 9.47 Å². The average molecular weight is 261 g/mol. The van der Waals surface area contributed by atoms with Crippen molar-refractivity contribution in [2.45, 2.75) is 20.0 Å². The minimum absolute atomic E-state index is 0.626. The first-order chi connectivity index (χ1) is 9.35. The highest BCUT2D eigenvalue weighted by Crippen LogP contribution is 2.30. The number of imidazole rings is 1. The number of hydrogen-bond acceptors (Lipinski definition) is 4. The number of nitrogens with zero attached hydrogens (tertiary/aromatic N) is 1. The second kappa shape index (κ2) is 6.80. The molecule has 0 amide bonds. The van der Waals surface area contributed by atoms with Gasteiger partial charge in [-0.3, -0.25) is 0 Å². The quantitative estimate of drug-likeness (QED) is 0.801. The number of H-pyrrole nitrogens is 1. The molecule has 2 N–H and O–H groups in total. The third-order valence-electron chi connectivity index (χ3n) is 2.75. The summed E-state index contributed by atoms with van der Waals surface area (Å²) < 4.78 is 11.0. The molecule has 2 aromatic rings. The van der Waals surface area contributed by atoms with E-state index < -0.39 is 0 Å². The van der Waals surface area contributed by atoms with Crippen LogP contribution in [0, 0.1) is 0 Å². The number of aromatic nitrogens is 2. The fourth-order valence-electron chi connectivity index (χ4n) is 1.91. The van der Waals surface area contributed by atoms with Crippen molar-refractivity contribution in [2.75, 3.05) is 13.7 Å². The van der Waals surface area contributed by atoms with Crippen molar-refractivity contribution in [1.29, 1.82) is 0 Å². The summed E-state index contributed by atoms with van der Waals surface area (Å²) in [5.74, 6) is 1.58. The molecule has 1 aromatic carbocycles. The first kappa shape index (κ1) is 13.4. The number of aromatic amines is 1. The average Bonchev–Trinajstić information content (AvgIpc) is 2.93. The molecule has 0 aliphatic heterocycles. The lowest BCUT2D eigenvalue weighted by Gasteiger charge is -2.13. The number of methoxy groups -OCH3 is 1. The Hall–Kier alpha value is -2.01. The number of benzene rings is 1. The van der Waals surface area contributed by atoms with Crippen LogP contribution < -0.4 is 14.8 Å². The Morgan fingerprint density at radius 2 is 2.21 bits per heavy atom. The van der Waals surface area contributed by atoms with Crippen molar-refractivity contribution in [3.8, 4) is 11.5 Å². The van der Waals surface area contributed by atoms with Gasteiger partial charge < -0.3 is 19.8 Å². The van der Waals surface area contributed by atoms with Gasteiger partial charge in [0.15, 0.2) is 11.5 Å². The van der Waals surface area contributed by atoms with Crippen LogP contribution in [0.2, 0.25) is 0 Å². The molecule has 5 heteroatoms. The molecular weight excluding hydrogens is 242 g/mol. The summed E-state index contributed by atoms with van der Waals surface area (Å²) in [6, 6.07) is 5.92. The molecule has 1 aromatic heterocycles. The molecule has 0 spiro atoms. The Kier molecular flexibility index (Phi) is 4.80. The maximum atomic E-state index is 5.55. The molecule has 0 saturated carbocycles. The minimum Gasteiger partial charge on any atom is -0.493 e. The molecule has 2 rings (SSSR count). The molecule has 102 valence electrons. The molecule has 0 saturated heterocycles. The maximum absolute atomic E-state index is 5.55. The normalized spacial score (nSPS) is 10.4. The van der Waals surface area contributed by atoms with Gasteiger partial charge in [0.2, 0.25) is 0 Å². The van der Waals surface area contributed by atoms with E-state index >= 15 is 0 Å². The fourth-order valence-corrected chi connectivity index (χ4v) is 1.91. The molecule has 19 heavy (non-hydrogen) atoms. The summed E-state index contributed by atoms with van der Waals surface area (Å²) >= 11 is 0. The van der Waals surface area contributed by atoms with Crippen molar-refractivity contribution < 1.29 is 9.47 Å². The summed E-state index contributed by atoms with van der Waals surface area (Å²) in [6.45, 7) is 4.04. The molecule has 0 radical (unpaired) electrons. The largest absolute Gasteiger partial charge is 0.493 e. The number of ether oxygens (including phenoxy) is 2. The summed E-state index contributed by atoms with van der Waals surface area (Å²) in [4.78, 5) is 7.03. The lowest BCUT2D eigenvalue weighted by atomic mass is 10.2. The van der Waals surface area contributed by atoms with Gasteiger partial charge in [-0.15, -0.1) is 0 Å². The van der Waals surface area contributed by atoms with Crippen molar-refractivity contribution >= 4 is 0 Å². The Morgan fingerprint density at radius 3 is 2.89 bits per heavy atom. The molecular formula is C14H19N3O2. The standard InChI is InChI=1S/C14H19N3O2/c1-3-19-13-6-4-5-11(14(13)18-2)7-15-8-12-9-16-10-17-12/h4-6,9-10,15H,3,7-8H2,1-2H3,(H,16,17). The zero-order valence-corrected chi connectivity index (χ0v) is 11.3. The van der Waals surface area contributed by atoms with Crippen LogP contribution in [0.15, 0.2) is 30.7 Å². The smallest absolute Gasteiger partial charge is 0.165 e. The second-order valence-corrected chi connectivity index (χ2v) is 4.06. The minimum atomic E-state index is 0.626. The molecule has 5 nitrogen and oxygen atoms in total. The van der Waals surface area contributed by atoms with Crippen molar-refractivity contribution in [3.63, 3.8) is 0 Å². The topological polar surface area (TPSA) is 59.2 Å². The third-order valence-corrected chi connectivity index (χ3v) is 2.75. The molecule has 0 atom stereocenters. The van der Waals surface area contributed by atoms with Crippen LogP contribution in [0.4, 0.5) is 0 Å². The van der Waals surface area contributed by atoms with Gasteiger partial charge in [-0.05, 0) is 13.0 Å². The highest BCUT2D eigenvalue weighted by atomic mass is 16.5. The van der Waals surface area contributed by atoms with Crippen LogP contribution in [0.1, 0.15) is 18.2 Å². The second-order valence-electron chi connectivity index (χ2n) is 4.06. The Labute approximate surface area is 113 Å². The lowest BCUT2D eigenvalue weighted by Crippen LogP contribution is -2.14. The predicted octanol–water partition coefficient (Wildman–Crippen LogP) is 2.11. The highest BCUT2D eigenvalue weighted by Gasteiger charge is 2.09. The van der Waals surface area contributed by atoms with Crippen LogP contribution in [0.25, 0.3) is 0 Å². The van der Waals surface area contributed by atoms with Gasteiger partial charge in [-0.1, -0.05) is 12.1 Å². The Balaban J connectivity index is 2.00. The van der Waals surface area contributed by atoms with Crippen LogP contribution in [0.3, 0.4) is 0 Å². The van der Waals surface area contributed by atoms with Crippen molar-refractivity contribution in [3.05, 3.63) is 42.0 Å². The molecule has 0 bridgehead atoms. The SMILES string of the molecule is CCOc1cccc(CNCc2cnc[nH]2)c1OC. The number of para-hydroxylation sites is 1. The maximum Gasteiger partial charge on any atom is 0.165 e. The summed E-state index contributed by atoms with van der Waals surface area (Å²) in [5, 5.41) is 3.34. The molecule has 0 aliphatic carbocycles. The van der Waals surface area contributed by atoms with Gasteiger partial charge in [0.05, 0.1) is 20.0 Å². The highest BCUT2D eigenvalue weighted by molar-refractivity contribution is 5.46. The predicted molar refractivity (Wildman–Crippen MR) is 73.3 cm³/mol. The van der Waals surface area contributed by atoms with Gasteiger partial charge in [0.25, 0.3) is 0 Å². The Bertz CT molecular complexity index is 497. The number of hydrogen-bond donors (Lipinski definition) is 2. The fraction of sp³-hybridized carbons (Fsp3) is 0.357. The molecule has 0 aliphatic rings. The van der Waals surface area contributed by atoms with Gasteiger partial charge in [-0.25, -0.2) is 4.98 Å². The lowest BCUT2D eigenvalue weighted by molar-refractivity contribution is 0.308. The van der Waals surface area contributed by atoms with E-state index in [1.165, 1.54) is 0 Å². The zero-order chi connectivity index (χ0) is 13.5. The van der Waals surface area contributed by atoms with Crippen molar-refractivity contribution in [2.24, 2.45) is 0 Å². The number of rotatable bonds is 7. The van der Waals surface area contributed by atoms with E-state index in [0.29, 0.717) is 13.2 Å². The molecule has 0 unspecified atom stereocenters. The third kappa shape index (κ3) is 3.48. The van der Waals surface area contributed by atoms with Crippen molar-refractivity contribution in [1.82, 2.24) is 15.3 Å². The van der Waals surface area contributed by atoms with Crippen LogP contribution in [-0.2, 0) is 13.1 Å². The van der Waals surface area contributed by atoms with E-state index in [-0.39, 0.29) is 0 Å². The van der Waals surface area contributed by atoms with Crippen LogP contribution in [-0.4, -0.2) is 23.7 Å². The summed E-state index contributed by atoms with van der Waals surface area (Å²) in [6.07, 6.45) is 3.48. The molecule has 1 heterocycles. The Morgan fingerprint density at radius 1 is 1.32 bits per heavy atom. The van der Waals surface area contributed by atoms with Crippen LogP contribution >= 0.6 is 0 Å². The monoisotopic (exact) mass is 261 g/mol. The van der Waals surface area contributed by atoms with Crippen LogP contribution in [0.5, 0.6) is 11.5 Å². The van der Waals surface area contributed by atoms with E-state index in [9.17, 15) is 0 Å². The van der Waals surface area contributed by atoms with Gasteiger partial charge >= 0.3 is 0 Å². The van der Waals surface area contributed by atoms with Gasteiger partial charge in [0.1, 0.15) is 0 Å². The zero-order valence-electron chi connectivity index (χ0n) is 11.3. The van der Waals surface area contributed by atoms with E-state index in [1.807, 2.05) is 25.1 Å². The molecule has 0 fully saturated rings. The van der Waals surface area contributed by atoms with E-state index in [2.05, 4.69) is 15.3 Å². The summed E-state index contributed by atoms with van der Waals surface area (Å²) in [5.41, 5.74) is 2.13. The van der Waals surface area contributed by atoms with E-state index in [0.717, 1.165) is 29.3 Å². The first-order valence-electron chi connectivity index (χ1n) is 6.31. The van der Waals surface area contributed by atoms with Gasteiger partial charge in [0, 0.05) is 30.5 Å².